The highest BCUT2D eigenvalue weighted by Gasteiger charge is 2.40. The average molecular weight is 457 g/mol. The zero-order chi connectivity index (χ0) is 23.7. The van der Waals surface area contributed by atoms with Crippen LogP contribution in [0.4, 0.5) is 0 Å². The van der Waals surface area contributed by atoms with Crippen LogP contribution in [0.25, 0.3) is 11.0 Å². The number of rotatable bonds is 8. The van der Waals surface area contributed by atoms with Crippen LogP contribution in [0.1, 0.15) is 28.6 Å². The number of furan rings is 1. The second kappa shape index (κ2) is 8.90. The summed E-state index contributed by atoms with van der Waals surface area (Å²) in [7, 11) is 1.56. The number of ether oxygens (including phenoxy) is 1. The molecule has 0 saturated heterocycles. The van der Waals surface area contributed by atoms with Crippen molar-refractivity contribution in [3.05, 3.63) is 96.0 Å². The van der Waals surface area contributed by atoms with Crippen molar-refractivity contribution in [1.82, 2.24) is 9.88 Å². The molecule has 1 amide bonds. The summed E-state index contributed by atoms with van der Waals surface area (Å²) in [5.41, 5.74) is 1.11. The first-order valence-electron chi connectivity index (χ1n) is 11.0. The Bertz CT molecular complexity index is 1340. The molecule has 0 saturated carbocycles. The van der Waals surface area contributed by atoms with Gasteiger partial charge in [0.2, 0.25) is 18.0 Å². The van der Waals surface area contributed by atoms with Crippen molar-refractivity contribution in [1.29, 1.82) is 0 Å². The van der Waals surface area contributed by atoms with Crippen molar-refractivity contribution in [3.8, 4) is 5.75 Å². The second-order valence-electron chi connectivity index (χ2n) is 8.10. The average Bonchev–Trinajstić information content (AvgIpc) is 3.59. The van der Waals surface area contributed by atoms with Gasteiger partial charge in [-0.05, 0) is 35.6 Å². The van der Waals surface area contributed by atoms with E-state index < -0.39 is 23.5 Å². The molecule has 0 fully saturated rings. The summed E-state index contributed by atoms with van der Waals surface area (Å²) < 4.78 is 12.9. The number of H-pyrrole nitrogens is 1. The van der Waals surface area contributed by atoms with Gasteiger partial charge in [0.15, 0.2) is 5.76 Å². The molecule has 1 N–H and O–H groups in total. The molecule has 2 aromatic carbocycles. The number of ketones is 1. The number of nitrogens with one attached hydrogen (secondary N) is 1. The molecule has 1 aliphatic heterocycles. The fourth-order valence-electron chi connectivity index (χ4n) is 4.34. The Morgan fingerprint density at radius 3 is 2.71 bits per heavy atom. The van der Waals surface area contributed by atoms with Crippen molar-refractivity contribution >= 4 is 22.7 Å². The largest absolute Gasteiger partial charge is 0.868 e. The van der Waals surface area contributed by atoms with Gasteiger partial charge in [0.25, 0.3) is 0 Å². The Morgan fingerprint density at radius 2 is 2.00 bits per heavy atom. The van der Waals surface area contributed by atoms with E-state index in [0.717, 1.165) is 5.39 Å². The summed E-state index contributed by atoms with van der Waals surface area (Å²) in [5.74, 6) is -1.36. The predicted octanol–water partition coefficient (Wildman–Crippen LogP) is 2.53. The van der Waals surface area contributed by atoms with Gasteiger partial charge in [-0.2, -0.15) is 0 Å². The van der Waals surface area contributed by atoms with Crippen LogP contribution in [0.5, 0.6) is 5.75 Å². The number of aromatic amines is 1. The van der Waals surface area contributed by atoms with Crippen LogP contribution in [0.15, 0.2) is 89.1 Å². The quantitative estimate of drug-likeness (QED) is 0.324. The first-order valence-corrected chi connectivity index (χ1v) is 11.0. The summed E-state index contributed by atoms with van der Waals surface area (Å²) in [4.78, 5) is 31.0. The molecule has 0 radical (unpaired) electrons. The molecule has 0 bridgehead atoms. The summed E-state index contributed by atoms with van der Waals surface area (Å²) in [6, 6.07) is 15.1. The van der Waals surface area contributed by atoms with Gasteiger partial charge in [0.1, 0.15) is 23.7 Å². The Hall–Kier alpha value is -4.33. The standard InChI is InChI=1S/C26H23N3O5/c1-33-19-9-7-17(8-10-19)23-22(24(30)21-15-18-5-2-3-6-20(18)34-21)25(31)26(32)29(23)13-4-12-28-14-11-27-16-28/h2-3,5-11,14-16,23H,4,12-13H2,1H3,(H,30,31). The molecule has 172 valence electrons. The molecular formula is C26H23N3O5. The predicted molar refractivity (Wildman–Crippen MR) is 121 cm³/mol. The zero-order valence-corrected chi connectivity index (χ0v) is 18.6. The van der Waals surface area contributed by atoms with Crippen LogP contribution >= 0.6 is 0 Å². The van der Waals surface area contributed by atoms with E-state index in [9.17, 15) is 14.7 Å². The number of aromatic nitrogens is 2. The van der Waals surface area contributed by atoms with Crippen molar-refractivity contribution in [2.45, 2.75) is 19.0 Å². The van der Waals surface area contributed by atoms with Crippen LogP contribution < -0.4 is 14.4 Å². The van der Waals surface area contributed by atoms with Gasteiger partial charge in [-0.15, -0.1) is 0 Å². The lowest BCUT2D eigenvalue weighted by Gasteiger charge is -2.27. The van der Waals surface area contributed by atoms with Gasteiger partial charge in [-0.25, -0.2) is 4.57 Å². The van der Waals surface area contributed by atoms with Gasteiger partial charge in [-0.1, -0.05) is 30.3 Å². The lowest BCUT2D eigenvalue weighted by molar-refractivity contribution is -0.695. The minimum absolute atomic E-state index is 0.0422. The maximum absolute atomic E-state index is 13.5. The van der Waals surface area contributed by atoms with E-state index in [1.165, 1.54) is 4.90 Å². The smallest absolute Gasteiger partial charge is 0.241 e. The molecule has 5 rings (SSSR count). The number of aryl methyl sites for hydroxylation is 1. The minimum atomic E-state index is -0.803. The fraction of sp³-hybridized carbons (Fsp3) is 0.192. The van der Waals surface area contributed by atoms with E-state index in [1.54, 1.807) is 43.5 Å². The van der Waals surface area contributed by atoms with Crippen LogP contribution in [0.2, 0.25) is 0 Å². The number of benzene rings is 2. The number of methoxy groups -OCH3 is 1. The first-order chi connectivity index (χ1) is 16.6. The van der Waals surface area contributed by atoms with Crippen LogP contribution in [0, 0.1) is 0 Å². The number of carbonyl (C=O) groups is 2. The number of amides is 1. The lowest BCUT2D eigenvalue weighted by Crippen LogP contribution is -2.37. The maximum atomic E-state index is 13.5. The number of nitrogens with zero attached hydrogens (tertiary/aromatic N) is 2. The molecule has 34 heavy (non-hydrogen) atoms. The third-order valence-electron chi connectivity index (χ3n) is 6.03. The van der Waals surface area contributed by atoms with E-state index in [4.69, 9.17) is 9.15 Å². The Balaban J connectivity index is 1.50. The molecule has 8 heteroatoms. The van der Waals surface area contributed by atoms with E-state index in [0.29, 0.717) is 36.4 Å². The number of carbonyl (C=O) groups excluding carboxylic acids is 2. The van der Waals surface area contributed by atoms with Gasteiger partial charge in [0, 0.05) is 23.9 Å². The van der Waals surface area contributed by atoms with Crippen LogP contribution in [-0.2, 0) is 11.3 Å². The van der Waals surface area contributed by atoms with E-state index in [-0.39, 0.29) is 11.3 Å². The summed E-state index contributed by atoms with van der Waals surface area (Å²) in [6.45, 7) is 0.972. The highest BCUT2D eigenvalue weighted by Crippen LogP contribution is 2.39. The number of hydrogen-bond acceptors (Lipinski definition) is 5. The Kier molecular flexibility index (Phi) is 5.63. The van der Waals surface area contributed by atoms with Crippen molar-refractivity contribution < 1.29 is 28.4 Å². The number of Topliss-reactive ketones (excluding diaryl/α,β-unsaturated/α-hetero) is 1. The maximum Gasteiger partial charge on any atom is 0.241 e. The summed E-state index contributed by atoms with van der Waals surface area (Å²) in [6.07, 6.45) is 6.13. The lowest BCUT2D eigenvalue weighted by atomic mass is 9.95. The van der Waals surface area contributed by atoms with Gasteiger partial charge < -0.3 is 19.2 Å². The molecule has 1 aliphatic rings. The topological polar surface area (TPSA) is 102 Å². The molecule has 8 nitrogen and oxygen atoms in total. The number of imidazole rings is 1. The summed E-state index contributed by atoms with van der Waals surface area (Å²) >= 11 is 0. The van der Waals surface area contributed by atoms with Crippen molar-refractivity contribution in [2.75, 3.05) is 13.7 Å². The third kappa shape index (κ3) is 3.83. The monoisotopic (exact) mass is 457 g/mol. The molecule has 3 heterocycles. The Morgan fingerprint density at radius 1 is 1.21 bits per heavy atom. The molecule has 0 spiro atoms. The normalized spacial score (nSPS) is 16.0. The highest BCUT2D eigenvalue weighted by molar-refractivity contribution is 6.15. The highest BCUT2D eigenvalue weighted by atomic mass is 16.5. The summed E-state index contributed by atoms with van der Waals surface area (Å²) in [5, 5.41) is 13.9. The molecule has 2 aromatic heterocycles. The zero-order valence-electron chi connectivity index (χ0n) is 18.6. The van der Waals surface area contributed by atoms with E-state index in [2.05, 4.69) is 4.98 Å². The molecule has 4 aromatic rings. The second-order valence-corrected chi connectivity index (χ2v) is 8.10. The number of fused-ring (bicyclic) bond motifs is 1. The van der Waals surface area contributed by atoms with Crippen molar-refractivity contribution in [3.63, 3.8) is 0 Å². The molecule has 1 atom stereocenters. The van der Waals surface area contributed by atoms with Gasteiger partial charge in [0.05, 0.1) is 19.7 Å². The van der Waals surface area contributed by atoms with E-state index in [1.807, 2.05) is 41.5 Å². The minimum Gasteiger partial charge on any atom is -0.868 e. The van der Waals surface area contributed by atoms with Crippen molar-refractivity contribution in [2.24, 2.45) is 0 Å². The van der Waals surface area contributed by atoms with E-state index >= 15 is 0 Å². The molecule has 0 aliphatic carbocycles. The fourth-order valence-corrected chi connectivity index (χ4v) is 4.34. The first kappa shape index (κ1) is 21.5. The Labute approximate surface area is 195 Å². The SMILES string of the molecule is COc1ccc(C2C(C(=O)c3cc4ccccc4o3)=C([O-])C(=O)N2CCC[n+]2cc[nH]c2)cc1. The van der Waals surface area contributed by atoms with Crippen LogP contribution in [0.3, 0.4) is 0 Å². The molecular weight excluding hydrogens is 434 g/mol. The third-order valence-corrected chi connectivity index (χ3v) is 6.03. The van der Waals surface area contributed by atoms with Crippen LogP contribution in [-0.4, -0.2) is 35.2 Å². The van der Waals surface area contributed by atoms with Gasteiger partial charge in [-0.3, -0.25) is 14.6 Å². The number of hydrogen-bond donors (Lipinski definition) is 1. The number of para-hydroxylation sites is 1. The molecule has 1 unspecified atom stereocenters. The van der Waals surface area contributed by atoms with Gasteiger partial charge >= 0.3 is 0 Å².